The molecule has 0 aliphatic rings. The van der Waals surface area contributed by atoms with Crippen LogP contribution in [-0.4, -0.2) is 14.8 Å². The van der Waals surface area contributed by atoms with Crippen LogP contribution in [0.25, 0.3) is 15.6 Å². The summed E-state index contributed by atoms with van der Waals surface area (Å²) in [5.74, 6) is -1.72. The lowest BCUT2D eigenvalue weighted by Crippen LogP contribution is -2.23. The second kappa shape index (κ2) is 9.13. The maximum absolute atomic E-state index is 13.5. The summed E-state index contributed by atoms with van der Waals surface area (Å²) in [7, 11) is 0. The van der Waals surface area contributed by atoms with Crippen LogP contribution in [0.5, 0.6) is 0 Å². The molecule has 0 unspecified atom stereocenters. The number of nitrogens with zero attached hydrogens (tertiary/aromatic N) is 4. The van der Waals surface area contributed by atoms with E-state index in [-0.39, 0.29) is 5.56 Å². The number of thiazole rings is 1. The molecule has 0 amide bonds. The number of H-pyrrole nitrogens is 1. The number of halogens is 2. The molecule has 158 valence electrons. The van der Waals surface area contributed by atoms with Gasteiger partial charge in [-0.15, -0.1) is 0 Å². The van der Waals surface area contributed by atoms with Gasteiger partial charge in [0.15, 0.2) is 0 Å². The van der Waals surface area contributed by atoms with Gasteiger partial charge < -0.3 is 0 Å². The van der Waals surface area contributed by atoms with Crippen molar-refractivity contribution in [2.75, 3.05) is 0 Å². The van der Waals surface area contributed by atoms with Gasteiger partial charge in [-0.2, -0.15) is 15.2 Å². The highest BCUT2D eigenvalue weighted by molar-refractivity contribution is 9.10. The van der Waals surface area contributed by atoms with Gasteiger partial charge in [0.25, 0.3) is 5.56 Å². The topological polar surface area (TPSA) is 98.3 Å². The fourth-order valence-electron chi connectivity index (χ4n) is 3.55. The second-order valence-corrected chi connectivity index (χ2v) is 9.43. The van der Waals surface area contributed by atoms with Gasteiger partial charge in [-0.1, -0.05) is 63.1 Å². The minimum atomic E-state index is -1.02. The number of aryl methyl sites for hydroxylation is 1. The van der Waals surface area contributed by atoms with Crippen molar-refractivity contribution in [1.29, 1.82) is 10.5 Å². The molecule has 1 atom stereocenters. The summed E-state index contributed by atoms with van der Waals surface area (Å²) in [5, 5.41) is 23.4. The minimum Gasteiger partial charge on any atom is -0.293 e. The fourth-order valence-corrected chi connectivity index (χ4v) is 4.82. The van der Waals surface area contributed by atoms with Crippen LogP contribution < -0.4 is 5.56 Å². The Morgan fingerprint density at radius 3 is 2.41 bits per heavy atom. The van der Waals surface area contributed by atoms with Crippen LogP contribution in [0.2, 0.25) is 5.02 Å². The van der Waals surface area contributed by atoms with E-state index >= 15 is 0 Å². The zero-order valence-electron chi connectivity index (χ0n) is 16.7. The van der Waals surface area contributed by atoms with Crippen molar-refractivity contribution in [2.45, 2.75) is 12.8 Å². The smallest absolute Gasteiger partial charge is 0.277 e. The molecule has 0 saturated carbocycles. The normalized spacial score (nSPS) is 11.8. The Hall–Kier alpha value is -3.17. The minimum absolute atomic E-state index is 0.331. The highest BCUT2D eigenvalue weighted by atomic mass is 79.9. The summed E-state index contributed by atoms with van der Waals surface area (Å²) >= 11 is 10.7. The number of hydrogen-bond donors (Lipinski definition) is 1. The van der Waals surface area contributed by atoms with E-state index < -0.39 is 11.8 Å². The molecule has 0 saturated heterocycles. The molecular formula is C23H15BrClN5OS. The average Bonchev–Trinajstić information content (AvgIpc) is 3.38. The van der Waals surface area contributed by atoms with Gasteiger partial charge in [-0.25, -0.2) is 4.98 Å². The highest BCUT2D eigenvalue weighted by Crippen LogP contribution is 2.33. The molecule has 1 N–H and O–H groups in total. The summed E-state index contributed by atoms with van der Waals surface area (Å²) in [5.41, 5.74) is 2.29. The number of nitriles is 2. The third-order valence-corrected chi connectivity index (χ3v) is 6.89. The van der Waals surface area contributed by atoms with Crippen LogP contribution in [0.15, 0.2) is 64.0 Å². The molecule has 0 aliphatic carbocycles. The standard InChI is InChI=1S/C23H15BrClN5OS/c1-13-20(21(16(10-26)11-27)15-2-6-17(24)7-3-15)22(31)30(29-13)23-28-12-19(32-23)14-4-8-18(25)9-5-14/h2-9,12,16,21,29H,1H3/t21-/m1/s1. The van der Waals surface area contributed by atoms with E-state index in [9.17, 15) is 15.3 Å². The van der Waals surface area contributed by atoms with E-state index in [2.05, 4.69) is 26.0 Å². The van der Waals surface area contributed by atoms with Gasteiger partial charge in [-0.05, 0) is 42.3 Å². The predicted molar refractivity (Wildman–Crippen MR) is 128 cm³/mol. The summed E-state index contributed by atoms with van der Waals surface area (Å²) < 4.78 is 2.23. The van der Waals surface area contributed by atoms with Gasteiger partial charge >= 0.3 is 0 Å². The zero-order chi connectivity index (χ0) is 22.8. The molecule has 2 aromatic heterocycles. The van der Waals surface area contributed by atoms with Gasteiger partial charge in [0.2, 0.25) is 5.13 Å². The van der Waals surface area contributed by atoms with Crippen molar-refractivity contribution < 1.29 is 0 Å². The number of rotatable bonds is 5. The number of aromatic nitrogens is 3. The maximum atomic E-state index is 13.5. The van der Waals surface area contributed by atoms with Crippen molar-refractivity contribution in [2.24, 2.45) is 5.92 Å². The van der Waals surface area contributed by atoms with Crippen molar-refractivity contribution in [1.82, 2.24) is 14.8 Å². The maximum Gasteiger partial charge on any atom is 0.277 e. The van der Waals surface area contributed by atoms with Crippen LogP contribution in [0, 0.1) is 35.5 Å². The molecule has 32 heavy (non-hydrogen) atoms. The summed E-state index contributed by atoms with van der Waals surface area (Å²) in [6.07, 6.45) is 1.70. The molecular weight excluding hydrogens is 510 g/mol. The second-order valence-electron chi connectivity index (χ2n) is 7.07. The first-order valence-corrected chi connectivity index (χ1v) is 11.5. The molecule has 0 radical (unpaired) electrons. The van der Waals surface area contributed by atoms with E-state index in [0.29, 0.717) is 27.0 Å². The Morgan fingerprint density at radius 2 is 1.78 bits per heavy atom. The van der Waals surface area contributed by atoms with Gasteiger partial charge in [-0.3, -0.25) is 9.89 Å². The lowest BCUT2D eigenvalue weighted by atomic mass is 9.82. The predicted octanol–water partition coefficient (Wildman–Crippen LogP) is 5.81. The first-order valence-electron chi connectivity index (χ1n) is 9.51. The first kappa shape index (κ1) is 22.0. The third-order valence-electron chi connectivity index (χ3n) is 5.08. The van der Waals surface area contributed by atoms with E-state index in [1.54, 1.807) is 25.3 Å². The van der Waals surface area contributed by atoms with Crippen LogP contribution in [-0.2, 0) is 0 Å². The quantitative estimate of drug-likeness (QED) is 0.356. The largest absolute Gasteiger partial charge is 0.293 e. The Kier molecular flexibility index (Phi) is 6.29. The van der Waals surface area contributed by atoms with E-state index in [4.69, 9.17) is 11.6 Å². The van der Waals surface area contributed by atoms with E-state index in [0.717, 1.165) is 14.9 Å². The van der Waals surface area contributed by atoms with Gasteiger partial charge in [0.1, 0.15) is 5.92 Å². The van der Waals surface area contributed by atoms with Crippen LogP contribution in [0.1, 0.15) is 22.7 Å². The number of aromatic amines is 1. The molecule has 6 nitrogen and oxygen atoms in total. The van der Waals surface area contributed by atoms with E-state index in [1.807, 2.05) is 48.5 Å². The molecule has 0 spiro atoms. The first-order chi connectivity index (χ1) is 15.4. The SMILES string of the molecule is Cc1[nH]n(-c2ncc(-c3ccc(Cl)cc3)s2)c(=O)c1[C@H](c1ccc(Br)cc1)C(C#N)C#N. The lowest BCUT2D eigenvalue weighted by Gasteiger charge is -2.17. The molecule has 2 aromatic carbocycles. The van der Waals surface area contributed by atoms with Crippen LogP contribution >= 0.6 is 38.9 Å². The molecule has 2 heterocycles. The van der Waals surface area contributed by atoms with Gasteiger partial charge in [0, 0.05) is 32.9 Å². The van der Waals surface area contributed by atoms with Gasteiger partial charge in [0.05, 0.1) is 17.0 Å². The Morgan fingerprint density at radius 1 is 1.12 bits per heavy atom. The lowest BCUT2D eigenvalue weighted by molar-refractivity contribution is 0.699. The molecule has 4 aromatic rings. The fraction of sp³-hybridized carbons (Fsp3) is 0.130. The number of benzene rings is 2. The highest BCUT2D eigenvalue weighted by Gasteiger charge is 2.31. The monoisotopic (exact) mass is 523 g/mol. The van der Waals surface area contributed by atoms with Crippen molar-refractivity contribution in [3.05, 3.63) is 91.4 Å². The molecule has 0 bridgehead atoms. The third kappa shape index (κ3) is 4.13. The number of nitrogens with one attached hydrogen (secondary N) is 1. The summed E-state index contributed by atoms with van der Waals surface area (Å²) in [4.78, 5) is 18.7. The van der Waals surface area contributed by atoms with Crippen LogP contribution in [0.3, 0.4) is 0 Å². The van der Waals surface area contributed by atoms with Crippen molar-refractivity contribution in [3.8, 4) is 27.7 Å². The molecule has 9 heteroatoms. The Labute approximate surface area is 201 Å². The Bertz CT molecular complexity index is 1390. The zero-order valence-corrected chi connectivity index (χ0v) is 19.9. The van der Waals surface area contributed by atoms with Crippen LogP contribution in [0.4, 0.5) is 0 Å². The average molecular weight is 525 g/mol. The molecule has 4 rings (SSSR count). The molecule has 0 aliphatic heterocycles. The number of hydrogen-bond acceptors (Lipinski definition) is 5. The van der Waals surface area contributed by atoms with Crippen molar-refractivity contribution in [3.63, 3.8) is 0 Å². The summed E-state index contributed by atoms with van der Waals surface area (Å²) in [6.45, 7) is 1.76. The Balaban J connectivity index is 1.81. The van der Waals surface area contributed by atoms with Crippen molar-refractivity contribution >= 4 is 38.9 Å². The van der Waals surface area contributed by atoms with E-state index in [1.165, 1.54) is 16.0 Å². The molecule has 0 fully saturated rings. The summed E-state index contributed by atoms with van der Waals surface area (Å²) in [6, 6.07) is 18.7.